The molecule has 0 saturated heterocycles. The summed E-state index contributed by atoms with van der Waals surface area (Å²) in [4.78, 5) is 23.8. The first-order chi connectivity index (χ1) is 17.3. The standard InChI is InChI=1S/C28H30FN5O2/c1-33(2)17-7-16-30-28(36)34(3)22-13-11-21(12-14-22)31-26(19-8-5-4-6-9-19)25-23-15-10-20(29)18-24(23)32-27(25)35/h4-6,8-15,18,32,35H,7,16-17H2,1-3H3,(H,30,36). The van der Waals surface area contributed by atoms with Crippen molar-refractivity contribution < 1.29 is 14.3 Å². The van der Waals surface area contributed by atoms with Crippen LogP contribution < -0.4 is 10.2 Å². The van der Waals surface area contributed by atoms with Gasteiger partial charge in [-0.25, -0.2) is 14.2 Å². The van der Waals surface area contributed by atoms with E-state index in [1.807, 2.05) is 68.7 Å². The molecule has 3 N–H and O–H groups in total. The zero-order valence-corrected chi connectivity index (χ0v) is 20.6. The third kappa shape index (κ3) is 5.72. The van der Waals surface area contributed by atoms with E-state index in [2.05, 4.69) is 15.2 Å². The molecule has 8 heteroatoms. The molecule has 186 valence electrons. The fourth-order valence-electron chi connectivity index (χ4n) is 3.96. The lowest BCUT2D eigenvalue weighted by molar-refractivity contribution is 0.247. The number of benzene rings is 3. The number of aromatic amines is 1. The number of aliphatic imine (C=N–C) groups is 1. The van der Waals surface area contributed by atoms with E-state index < -0.39 is 5.82 Å². The third-order valence-electron chi connectivity index (χ3n) is 5.87. The summed E-state index contributed by atoms with van der Waals surface area (Å²) < 4.78 is 13.8. The number of rotatable bonds is 8. The number of hydrogen-bond acceptors (Lipinski definition) is 4. The average Bonchev–Trinajstić information content (AvgIpc) is 3.19. The Hall–Kier alpha value is -4.17. The minimum atomic E-state index is -0.394. The number of H-pyrrole nitrogens is 1. The topological polar surface area (TPSA) is 84.0 Å². The van der Waals surface area contributed by atoms with Crippen molar-refractivity contribution in [3.63, 3.8) is 0 Å². The van der Waals surface area contributed by atoms with Gasteiger partial charge in [0.2, 0.25) is 0 Å². The van der Waals surface area contributed by atoms with Crippen LogP contribution in [0.4, 0.5) is 20.6 Å². The van der Waals surface area contributed by atoms with Crippen LogP contribution in [0.3, 0.4) is 0 Å². The first kappa shape index (κ1) is 24.9. The fourth-order valence-corrected chi connectivity index (χ4v) is 3.96. The summed E-state index contributed by atoms with van der Waals surface area (Å²) in [6, 6.07) is 21.0. The lowest BCUT2D eigenvalue weighted by atomic mass is 10.0. The van der Waals surface area contributed by atoms with Gasteiger partial charge in [-0.15, -0.1) is 0 Å². The molecular formula is C28H30FN5O2. The number of carbonyl (C=O) groups excluding carboxylic acids is 1. The van der Waals surface area contributed by atoms with Crippen molar-refractivity contribution in [2.24, 2.45) is 4.99 Å². The second-order valence-electron chi connectivity index (χ2n) is 8.83. The molecule has 0 radical (unpaired) electrons. The molecule has 3 aromatic carbocycles. The molecule has 0 atom stereocenters. The van der Waals surface area contributed by atoms with Gasteiger partial charge in [0, 0.05) is 30.2 Å². The predicted molar refractivity (Wildman–Crippen MR) is 143 cm³/mol. The van der Waals surface area contributed by atoms with Crippen molar-refractivity contribution >= 4 is 34.0 Å². The van der Waals surface area contributed by atoms with Gasteiger partial charge in [-0.3, -0.25) is 4.90 Å². The molecule has 0 unspecified atom stereocenters. The number of carbonyl (C=O) groups is 1. The summed E-state index contributed by atoms with van der Waals surface area (Å²) in [5.41, 5.74) is 3.70. The molecular weight excluding hydrogens is 457 g/mol. The highest BCUT2D eigenvalue weighted by atomic mass is 19.1. The number of nitrogens with zero attached hydrogens (tertiary/aromatic N) is 3. The molecule has 1 heterocycles. The zero-order chi connectivity index (χ0) is 25.7. The van der Waals surface area contributed by atoms with Gasteiger partial charge in [0.15, 0.2) is 5.88 Å². The number of urea groups is 1. The Bertz CT molecular complexity index is 1360. The highest BCUT2D eigenvalue weighted by Crippen LogP contribution is 2.32. The number of aromatic nitrogens is 1. The maximum atomic E-state index is 13.8. The summed E-state index contributed by atoms with van der Waals surface area (Å²) >= 11 is 0. The van der Waals surface area contributed by atoms with Crippen molar-refractivity contribution in [3.8, 4) is 5.88 Å². The molecule has 7 nitrogen and oxygen atoms in total. The van der Waals surface area contributed by atoms with E-state index in [-0.39, 0.29) is 11.9 Å². The number of amides is 2. The Morgan fingerprint density at radius 2 is 1.75 bits per heavy atom. The molecule has 0 fully saturated rings. The minimum Gasteiger partial charge on any atom is -0.494 e. The van der Waals surface area contributed by atoms with E-state index in [0.29, 0.717) is 34.4 Å². The van der Waals surface area contributed by atoms with Gasteiger partial charge in [0.25, 0.3) is 0 Å². The fraction of sp³-hybridized carbons (Fsp3) is 0.214. The Morgan fingerprint density at radius 3 is 2.44 bits per heavy atom. The van der Waals surface area contributed by atoms with E-state index >= 15 is 0 Å². The highest BCUT2D eigenvalue weighted by Gasteiger charge is 2.19. The summed E-state index contributed by atoms with van der Waals surface area (Å²) in [5, 5.41) is 14.3. The SMILES string of the molecule is CN(C)CCCNC(=O)N(C)c1ccc(N=C(c2ccccc2)c2c(O)[nH]c3cc(F)ccc23)cc1. The van der Waals surface area contributed by atoms with Crippen LogP contribution in [-0.4, -0.2) is 61.0 Å². The molecule has 2 amide bonds. The van der Waals surface area contributed by atoms with Crippen LogP contribution in [0.2, 0.25) is 0 Å². The van der Waals surface area contributed by atoms with Crippen LogP contribution in [0.5, 0.6) is 5.88 Å². The van der Waals surface area contributed by atoms with E-state index in [0.717, 1.165) is 24.2 Å². The quantitative estimate of drug-likeness (QED) is 0.234. The van der Waals surface area contributed by atoms with Crippen LogP contribution in [0.15, 0.2) is 77.8 Å². The Kier molecular flexibility index (Phi) is 7.65. The smallest absolute Gasteiger partial charge is 0.321 e. The molecule has 0 spiro atoms. The molecule has 4 rings (SSSR count). The Balaban J connectivity index is 1.62. The molecule has 4 aromatic rings. The van der Waals surface area contributed by atoms with Crippen molar-refractivity contribution in [1.82, 2.24) is 15.2 Å². The van der Waals surface area contributed by atoms with Crippen molar-refractivity contribution in [1.29, 1.82) is 0 Å². The number of fused-ring (bicyclic) bond motifs is 1. The zero-order valence-electron chi connectivity index (χ0n) is 20.6. The predicted octanol–water partition coefficient (Wildman–Crippen LogP) is 5.28. The van der Waals surface area contributed by atoms with Gasteiger partial charge >= 0.3 is 6.03 Å². The maximum Gasteiger partial charge on any atom is 0.321 e. The van der Waals surface area contributed by atoms with Crippen molar-refractivity contribution in [2.75, 3.05) is 39.1 Å². The molecule has 0 aliphatic carbocycles. The first-order valence-corrected chi connectivity index (χ1v) is 11.7. The summed E-state index contributed by atoms with van der Waals surface area (Å²) in [6.07, 6.45) is 0.871. The molecule has 0 aliphatic rings. The summed E-state index contributed by atoms with van der Waals surface area (Å²) in [7, 11) is 5.72. The summed E-state index contributed by atoms with van der Waals surface area (Å²) in [5.74, 6) is -0.476. The van der Waals surface area contributed by atoms with E-state index in [4.69, 9.17) is 4.99 Å². The van der Waals surface area contributed by atoms with Crippen LogP contribution in [0.1, 0.15) is 17.5 Å². The van der Waals surface area contributed by atoms with Crippen LogP contribution in [-0.2, 0) is 0 Å². The van der Waals surface area contributed by atoms with Crippen LogP contribution >= 0.6 is 0 Å². The molecule has 1 aromatic heterocycles. The lowest BCUT2D eigenvalue weighted by Crippen LogP contribution is -2.38. The Labute approximate surface area is 209 Å². The van der Waals surface area contributed by atoms with Crippen LogP contribution in [0, 0.1) is 5.82 Å². The molecule has 0 bridgehead atoms. The van der Waals surface area contributed by atoms with Crippen molar-refractivity contribution in [2.45, 2.75) is 6.42 Å². The molecule has 36 heavy (non-hydrogen) atoms. The summed E-state index contributed by atoms with van der Waals surface area (Å²) in [6.45, 7) is 1.50. The number of halogens is 1. The van der Waals surface area contributed by atoms with Gasteiger partial charge in [0.05, 0.1) is 22.5 Å². The van der Waals surface area contributed by atoms with E-state index in [1.165, 1.54) is 12.1 Å². The van der Waals surface area contributed by atoms with Gasteiger partial charge in [0.1, 0.15) is 5.82 Å². The molecule has 0 aliphatic heterocycles. The largest absolute Gasteiger partial charge is 0.494 e. The third-order valence-corrected chi connectivity index (χ3v) is 5.87. The van der Waals surface area contributed by atoms with Gasteiger partial charge < -0.3 is 20.3 Å². The monoisotopic (exact) mass is 487 g/mol. The second-order valence-corrected chi connectivity index (χ2v) is 8.83. The highest BCUT2D eigenvalue weighted by molar-refractivity contribution is 6.21. The van der Waals surface area contributed by atoms with Gasteiger partial charge in [-0.2, -0.15) is 0 Å². The van der Waals surface area contributed by atoms with E-state index in [9.17, 15) is 14.3 Å². The van der Waals surface area contributed by atoms with Gasteiger partial charge in [-0.1, -0.05) is 30.3 Å². The average molecular weight is 488 g/mol. The lowest BCUT2D eigenvalue weighted by Gasteiger charge is -2.18. The first-order valence-electron chi connectivity index (χ1n) is 11.7. The van der Waals surface area contributed by atoms with Crippen LogP contribution in [0.25, 0.3) is 10.9 Å². The van der Waals surface area contributed by atoms with Gasteiger partial charge in [-0.05, 0) is 69.5 Å². The normalized spacial score (nSPS) is 11.8. The minimum absolute atomic E-state index is 0.0829. The Morgan fingerprint density at radius 1 is 1.03 bits per heavy atom. The number of anilines is 1. The second kappa shape index (κ2) is 11.0. The van der Waals surface area contributed by atoms with E-state index in [1.54, 1.807) is 18.0 Å². The maximum absolute atomic E-state index is 13.8. The van der Waals surface area contributed by atoms with Crippen molar-refractivity contribution in [3.05, 3.63) is 89.7 Å². The number of aromatic hydroxyl groups is 1. The number of nitrogens with one attached hydrogen (secondary N) is 2. The molecule has 0 saturated carbocycles. The number of hydrogen-bond donors (Lipinski definition) is 3.